The third-order valence-electron chi connectivity index (χ3n) is 2.56. The van der Waals surface area contributed by atoms with Gasteiger partial charge in [0.05, 0.1) is 13.3 Å². The van der Waals surface area contributed by atoms with E-state index in [-0.39, 0.29) is 12.6 Å². The molecule has 108 valence electrons. The highest BCUT2D eigenvalue weighted by Crippen LogP contribution is 2.12. The van der Waals surface area contributed by atoms with E-state index < -0.39 is 6.04 Å². The molecule has 1 aromatic rings. The molecule has 19 heavy (non-hydrogen) atoms. The van der Waals surface area contributed by atoms with Crippen LogP contribution in [0.2, 0.25) is 0 Å². The fraction of sp³-hybridized carbons (Fsp3) is 0.750. The highest BCUT2D eigenvalue weighted by molar-refractivity contribution is 5.76. The molecule has 0 bridgehead atoms. The van der Waals surface area contributed by atoms with Crippen molar-refractivity contribution in [2.75, 3.05) is 20.3 Å². The van der Waals surface area contributed by atoms with Crippen molar-refractivity contribution in [1.29, 1.82) is 0 Å². The summed E-state index contributed by atoms with van der Waals surface area (Å²) in [5.41, 5.74) is 0.533. The first-order chi connectivity index (χ1) is 9.08. The molecule has 0 saturated heterocycles. The van der Waals surface area contributed by atoms with Crippen LogP contribution >= 0.6 is 0 Å². The van der Waals surface area contributed by atoms with Gasteiger partial charge >= 0.3 is 5.97 Å². The number of aliphatic hydroxyl groups is 1. The van der Waals surface area contributed by atoms with E-state index in [1.165, 1.54) is 7.11 Å². The Labute approximate surface area is 112 Å². The quantitative estimate of drug-likeness (QED) is 0.652. The lowest BCUT2D eigenvalue weighted by molar-refractivity contribution is -0.143. The van der Waals surface area contributed by atoms with Gasteiger partial charge in [-0.05, 0) is 18.9 Å². The highest BCUT2D eigenvalue weighted by atomic mass is 16.5. The van der Waals surface area contributed by atoms with Crippen LogP contribution in [0.5, 0.6) is 0 Å². The number of carbonyl (C=O) groups is 1. The minimum absolute atomic E-state index is 0.0984. The van der Waals surface area contributed by atoms with Crippen molar-refractivity contribution in [1.82, 2.24) is 20.3 Å². The summed E-state index contributed by atoms with van der Waals surface area (Å²) in [6.45, 7) is 5.46. The molecule has 1 heterocycles. The third kappa shape index (κ3) is 4.96. The van der Waals surface area contributed by atoms with Crippen molar-refractivity contribution < 1.29 is 14.6 Å². The number of esters is 1. The summed E-state index contributed by atoms with van der Waals surface area (Å²) in [4.78, 5) is 11.7. The van der Waals surface area contributed by atoms with E-state index in [1.54, 1.807) is 10.9 Å². The second kappa shape index (κ2) is 7.85. The van der Waals surface area contributed by atoms with Gasteiger partial charge in [-0.3, -0.25) is 10.00 Å². The van der Waals surface area contributed by atoms with E-state index in [0.717, 1.165) is 0 Å². The van der Waals surface area contributed by atoms with Crippen LogP contribution in [0.15, 0.2) is 6.20 Å². The lowest BCUT2D eigenvalue weighted by Crippen LogP contribution is -2.32. The number of nitrogens with one attached hydrogen (secondary N) is 1. The molecule has 0 amide bonds. The van der Waals surface area contributed by atoms with Gasteiger partial charge in [0.25, 0.3) is 0 Å². The van der Waals surface area contributed by atoms with Crippen molar-refractivity contribution in [2.24, 2.45) is 5.92 Å². The summed E-state index contributed by atoms with van der Waals surface area (Å²) in [5.74, 6) is 0.0337. The Balaban J connectivity index is 2.73. The normalized spacial score (nSPS) is 12.7. The molecule has 0 aromatic carbocycles. The molecule has 0 aliphatic carbocycles. The summed E-state index contributed by atoms with van der Waals surface area (Å²) in [6.07, 6.45) is 2.30. The Morgan fingerprint density at radius 2 is 2.32 bits per heavy atom. The maximum atomic E-state index is 11.7. The van der Waals surface area contributed by atoms with Gasteiger partial charge in [0, 0.05) is 13.2 Å². The first-order valence-corrected chi connectivity index (χ1v) is 6.40. The summed E-state index contributed by atoms with van der Waals surface area (Å²) in [6, 6.07) is -0.602. The topological polar surface area (TPSA) is 89.3 Å². The van der Waals surface area contributed by atoms with Crippen LogP contribution in [0.4, 0.5) is 0 Å². The maximum absolute atomic E-state index is 11.7. The van der Waals surface area contributed by atoms with Gasteiger partial charge in [-0.1, -0.05) is 19.1 Å². The van der Waals surface area contributed by atoms with E-state index in [0.29, 0.717) is 31.1 Å². The van der Waals surface area contributed by atoms with Gasteiger partial charge in [0.2, 0.25) is 0 Å². The van der Waals surface area contributed by atoms with Gasteiger partial charge in [-0.2, -0.15) is 0 Å². The first-order valence-electron chi connectivity index (χ1n) is 6.40. The Hall–Kier alpha value is -1.47. The summed E-state index contributed by atoms with van der Waals surface area (Å²) < 4.78 is 6.38. The average molecular weight is 270 g/mol. The van der Waals surface area contributed by atoms with Crippen molar-refractivity contribution in [2.45, 2.75) is 32.9 Å². The number of ether oxygens (including phenoxy) is 1. The van der Waals surface area contributed by atoms with Crippen LogP contribution in [0, 0.1) is 5.92 Å². The van der Waals surface area contributed by atoms with Gasteiger partial charge in [0.1, 0.15) is 5.69 Å². The standard InChI is InChI=1S/C12H22N4O3/c1-9(2)7-13-11(12(18)19-3)10-8-16(15-14-10)5-4-6-17/h8-9,11,13,17H,4-7H2,1-3H3. The van der Waals surface area contributed by atoms with Gasteiger partial charge in [0.15, 0.2) is 6.04 Å². The minimum Gasteiger partial charge on any atom is -0.468 e. The summed E-state index contributed by atoms with van der Waals surface area (Å²) in [7, 11) is 1.35. The smallest absolute Gasteiger partial charge is 0.329 e. The number of aliphatic hydroxyl groups excluding tert-OH is 1. The second-order valence-electron chi connectivity index (χ2n) is 4.74. The molecule has 7 heteroatoms. The predicted molar refractivity (Wildman–Crippen MR) is 69.3 cm³/mol. The highest BCUT2D eigenvalue weighted by Gasteiger charge is 2.24. The summed E-state index contributed by atoms with van der Waals surface area (Å²) >= 11 is 0. The molecule has 0 aliphatic heterocycles. The van der Waals surface area contributed by atoms with Crippen LogP contribution in [-0.4, -0.2) is 46.3 Å². The van der Waals surface area contributed by atoms with Gasteiger partial charge in [-0.25, -0.2) is 4.79 Å². The molecule has 0 fully saturated rings. The number of hydrogen-bond donors (Lipinski definition) is 2. The molecule has 0 aliphatic rings. The van der Waals surface area contributed by atoms with Crippen LogP contribution in [0.25, 0.3) is 0 Å². The number of nitrogens with zero attached hydrogens (tertiary/aromatic N) is 3. The van der Waals surface area contributed by atoms with E-state index in [4.69, 9.17) is 9.84 Å². The van der Waals surface area contributed by atoms with Crippen molar-refractivity contribution in [3.05, 3.63) is 11.9 Å². The first kappa shape index (κ1) is 15.6. The fourth-order valence-electron chi connectivity index (χ4n) is 1.57. The number of rotatable bonds is 8. The molecular formula is C12H22N4O3. The van der Waals surface area contributed by atoms with E-state index >= 15 is 0 Å². The number of hydrogen-bond acceptors (Lipinski definition) is 6. The van der Waals surface area contributed by atoms with Crippen molar-refractivity contribution >= 4 is 5.97 Å². The Bertz CT molecular complexity index is 392. The Kier molecular flexibility index (Phi) is 6.44. The minimum atomic E-state index is -0.602. The van der Waals surface area contributed by atoms with Crippen molar-refractivity contribution in [3.63, 3.8) is 0 Å². The number of aromatic nitrogens is 3. The van der Waals surface area contributed by atoms with E-state index in [1.807, 2.05) is 0 Å². The van der Waals surface area contributed by atoms with Crippen LogP contribution in [0.3, 0.4) is 0 Å². The maximum Gasteiger partial charge on any atom is 0.329 e. The molecule has 1 unspecified atom stereocenters. The average Bonchev–Trinajstić information content (AvgIpc) is 2.84. The number of methoxy groups -OCH3 is 1. The molecule has 1 atom stereocenters. The second-order valence-corrected chi connectivity index (χ2v) is 4.74. The molecule has 0 radical (unpaired) electrons. The molecule has 1 aromatic heterocycles. The van der Waals surface area contributed by atoms with Gasteiger partial charge < -0.3 is 9.84 Å². The molecule has 0 spiro atoms. The number of carbonyl (C=O) groups excluding carboxylic acids is 1. The fourth-order valence-corrected chi connectivity index (χ4v) is 1.57. The Morgan fingerprint density at radius 1 is 1.58 bits per heavy atom. The summed E-state index contributed by atoms with van der Waals surface area (Å²) in [5, 5.41) is 19.8. The predicted octanol–water partition coefficient (Wildman–Crippen LogP) is 0.120. The zero-order valence-electron chi connectivity index (χ0n) is 11.7. The molecule has 2 N–H and O–H groups in total. The lowest BCUT2D eigenvalue weighted by atomic mass is 10.1. The SMILES string of the molecule is COC(=O)C(NCC(C)C)c1cn(CCCO)nn1. The van der Waals surface area contributed by atoms with Crippen LogP contribution in [0.1, 0.15) is 32.0 Å². The largest absolute Gasteiger partial charge is 0.468 e. The van der Waals surface area contributed by atoms with E-state index in [9.17, 15) is 4.79 Å². The Morgan fingerprint density at radius 3 is 2.89 bits per heavy atom. The van der Waals surface area contributed by atoms with Crippen LogP contribution < -0.4 is 5.32 Å². The molecule has 7 nitrogen and oxygen atoms in total. The molecular weight excluding hydrogens is 248 g/mol. The molecule has 1 rings (SSSR count). The van der Waals surface area contributed by atoms with Crippen molar-refractivity contribution in [3.8, 4) is 0 Å². The lowest BCUT2D eigenvalue weighted by Gasteiger charge is -2.15. The monoisotopic (exact) mass is 270 g/mol. The van der Waals surface area contributed by atoms with Gasteiger partial charge in [-0.15, -0.1) is 5.10 Å². The zero-order valence-corrected chi connectivity index (χ0v) is 11.7. The number of aryl methyl sites for hydroxylation is 1. The zero-order chi connectivity index (χ0) is 14.3. The molecule has 0 saturated carbocycles. The van der Waals surface area contributed by atoms with E-state index in [2.05, 4.69) is 29.5 Å². The third-order valence-corrected chi connectivity index (χ3v) is 2.56. The van der Waals surface area contributed by atoms with Crippen LogP contribution in [-0.2, 0) is 16.1 Å².